The van der Waals surface area contributed by atoms with E-state index in [-0.39, 0.29) is 23.8 Å². The molecule has 2 rings (SSSR count). The van der Waals surface area contributed by atoms with Crippen LogP contribution < -0.4 is 10.1 Å². The Hall–Kier alpha value is -1.80. The van der Waals surface area contributed by atoms with Crippen LogP contribution in [0.1, 0.15) is 19.8 Å². The molecule has 1 heterocycles. The third-order valence-electron chi connectivity index (χ3n) is 3.78. The molecule has 0 aliphatic carbocycles. The van der Waals surface area contributed by atoms with Gasteiger partial charge in [-0.3, -0.25) is 9.69 Å². The molecule has 0 aromatic heterocycles. The van der Waals surface area contributed by atoms with E-state index in [1.165, 1.54) is 12.1 Å². The molecule has 1 aromatic carbocycles. The molecule has 0 saturated carbocycles. The van der Waals surface area contributed by atoms with E-state index in [2.05, 4.69) is 10.1 Å². The van der Waals surface area contributed by atoms with Crippen molar-refractivity contribution in [3.05, 3.63) is 24.3 Å². The number of ether oxygens (including phenoxy) is 1. The van der Waals surface area contributed by atoms with Crippen LogP contribution in [0.3, 0.4) is 0 Å². The Balaban J connectivity index is 1.89. The quantitative estimate of drug-likeness (QED) is 0.889. The van der Waals surface area contributed by atoms with Crippen LogP contribution in [0.25, 0.3) is 0 Å². The molecular weight excluding hydrogens is 313 g/mol. The lowest BCUT2D eigenvalue weighted by atomic mass is 10.1. The highest BCUT2D eigenvalue weighted by atomic mass is 19.4. The summed E-state index contributed by atoms with van der Waals surface area (Å²) >= 11 is 0. The van der Waals surface area contributed by atoms with Gasteiger partial charge >= 0.3 is 6.36 Å². The van der Waals surface area contributed by atoms with Gasteiger partial charge in [0.15, 0.2) is 0 Å². The molecule has 1 atom stereocenters. The van der Waals surface area contributed by atoms with Crippen molar-refractivity contribution < 1.29 is 27.8 Å². The number of alkyl halides is 3. The van der Waals surface area contributed by atoms with Crippen LogP contribution in [-0.4, -0.2) is 47.5 Å². The number of benzene rings is 1. The predicted molar refractivity (Wildman–Crippen MR) is 78.0 cm³/mol. The molecule has 128 valence electrons. The number of likely N-dealkylation sites (tertiary alicyclic amines) is 1. The van der Waals surface area contributed by atoms with Crippen LogP contribution in [-0.2, 0) is 4.79 Å². The monoisotopic (exact) mass is 332 g/mol. The maximum Gasteiger partial charge on any atom is 0.573 e. The molecular formula is C15H19F3N2O3. The van der Waals surface area contributed by atoms with Crippen molar-refractivity contribution in [3.63, 3.8) is 0 Å². The van der Waals surface area contributed by atoms with Crippen molar-refractivity contribution in [3.8, 4) is 5.75 Å². The number of nitrogens with zero attached hydrogens (tertiary/aromatic N) is 1. The molecule has 5 nitrogen and oxygen atoms in total. The van der Waals surface area contributed by atoms with Crippen molar-refractivity contribution >= 4 is 11.6 Å². The highest BCUT2D eigenvalue weighted by Gasteiger charge is 2.31. The lowest BCUT2D eigenvalue weighted by Gasteiger charge is -2.33. The number of piperidine rings is 1. The molecule has 23 heavy (non-hydrogen) atoms. The van der Waals surface area contributed by atoms with E-state index < -0.39 is 6.36 Å². The number of carbonyl (C=O) groups excluding carboxylic acids is 1. The zero-order chi connectivity index (χ0) is 17.0. The average molecular weight is 332 g/mol. The van der Waals surface area contributed by atoms with Crippen molar-refractivity contribution in [1.82, 2.24) is 4.90 Å². The summed E-state index contributed by atoms with van der Waals surface area (Å²) in [6.07, 6.45) is -3.80. The fraction of sp³-hybridized carbons (Fsp3) is 0.533. The number of amides is 1. The minimum absolute atomic E-state index is 0.245. The second kappa shape index (κ2) is 7.18. The number of rotatable bonds is 4. The van der Waals surface area contributed by atoms with E-state index in [1.807, 2.05) is 4.90 Å². The predicted octanol–water partition coefficient (Wildman–Crippen LogP) is 2.37. The van der Waals surface area contributed by atoms with Crippen molar-refractivity contribution in [2.75, 3.05) is 18.4 Å². The molecule has 1 amide bonds. The van der Waals surface area contributed by atoms with Crippen molar-refractivity contribution in [1.29, 1.82) is 0 Å². The highest BCUT2D eigenvalue weighted by molar-refractivity contribution is 5.94. The maximum atomic E-state index is 12.2. The van der Waals surface area contributed by atoms with E-state index in [0.29, 0.717) is 31.6 Å². The fourth-order valence-corrected chi connectivity index (χ4v) is 2.43. The van der Waals surface area contributed by atoms with E-state index in [1.54, 1.807) is 6.92 Å². The molecule has 1 unspecified atom stereocenters. The van der Waals surface area contributed by atoms with Crippen LogP contribution in [0, 0.1) is 0 Å². The van der Waals surface area contributed by atoms with Crippen LogP contribution in [0.5, 0.6) is 5.75 Å². The average Bonchev–Trinajstić information content (AvgIpc) is 2.48. The Bertz CT molecular complexity index is 526. The Morgan fingerprint density at radius 3 is 2.39 bits per heavy atom. The Morgan fingerprint density at radius 1 is 1.30 bits per heavy atom. The molecule has 1 fully saturated rings. The zero-order valence-electron chi connectivity index (χ0n) is 12.6. The largest absolute Gasteiger partial charge is 0.573 e. The summed E-state index contributed by atoms with van der Waals surface area (Å²) in [7, 11) is 0. The van der Waals surface area contributed by atoms with Gasteiger partial charge in [-0.05, 0) is 44.0 Å². The van der Waals surface area contributed by atoms with Crippen LogP contribution >= 0.6 is 0 Å². The van der Waals surface area contributed by atoms with Gasteiger partial charge in [0, 0.05) is 18.8 Å². The molecule has 2 N–H and O–H groups in total. The van der Waals surface area contributed by atoms with Gasteiger partial charge in [0.25, 0.3) is 0 Å². The standard InChI is InChI=1S/C15H19F3N2O3/c1-10(20-8-6-12(21)7-9-20)14(22)19-11-2-4-13(5-3-11)23-15(16,17)18/h2-5,10,12,21H,6-9H2,1H3,(H,19,22). The minimum atomic E-state index is -4.74. The van der Waals surface area contributed by atoms with Gasteiger partial charge in [-0.1, -0.05) is 0 Å². The Morgan fingerprint density at radius 2 is 1.87 bits per heavy atom. The number of aliphatic hydroxyl groups excluding tert-OH is 1. The van der Waals surface area contributed by atoms with Gasteiger partial charge < -0.3 is 15.2 Å². The number of carbonyl (C=O) groups is 1. The van der Waals surface area contributed by atoms with Gasteiger partial charge in [-0.15, -0.1) is 13.2 Å². The smallest absolute Gasteiger partial charge is 0.406 e. The first-order valence-corrected chi connectivity index (χ1v) is 7.33. The van der Waals surface area contributed by atoms with E-state index in [0.717, 1.165) is 12.1 Å². The SMILES string of the molecule is CC(C(=O)Nc1ccc(OC(F)(F)F)cc1)N1CCC(O)CC1. The first-order valence-electron chi connectivity index (χ1n) is 7.33. The van der Waals surface area contributed by atoms with Gasteiger partial charge in [0.05, 0.1) is 12.1 Å². The topological polar surface area (TPSA) is 61.8 Å². The molecule has 1 aromatic rings. The lowest BCUT2D eigenvalue weighted by Crippen LogP contribution is -2.47. The third kappa shape index (κ3) is 5.40. The number of hydrogen-bond donors (Lipinski definition) is 2. The molecule has 0 bridgehead atoms. The number of nitrogens with one attached hydrogen (secondary N) is 1. The van der Waals surface area contributed by atoms with Gasteiger partial charge in [-0.25, -0.2) is 0 Å². The Kier molecular flexibility index (Phi) is 5.48. The third-order valence-corrected chi connectivity index (χ3v) is 3.78. The first-order chi connectivity index (χ1) is 10.7. The maximum absolute atomic E-state index is 12.2. The summed E-state index contributed by atoms with van der Waals surface area (Å²) < 4.78 is 40.0. The van der Waals surface area contributed by atoms with Gasteiger partial charge in [0.1, 0.15) is 5.75 Å². The second-order valence-corrected chi connectivity index (χ2v) is 5.50. The summed E-state index contributed by atoms with van der Waals surface area (Å²) in [6.45, 7) is 3.02. The summed E-state index contributed by atoms with van der Waals surface area (Å²) in [6, 6.07) is 4.61. The molecule has 1 saturated heterocycles. The number of halogens is 3. The highest BCUT2D eigenvalue weighted by Crippen LogP contribution is 2.24. The second-order valence-electron chi connectivity index (χ2n) is 5.50. The van der Waals surface area contributed by atoms with E-state index in [4.69, 9.17) is 0 Å². The Labute approximate surface area is 132 Å². The molecule has 8 heteroatoms. The number of hydrogen-bond acceptors (Lipinski definition) is 4. The first kappa shape index (κ1) is 17.6. The summed E-state index contributed by atoms with van der Waals surface area (Å²) in [4.78, 5) is 14.1. The van der Waals surface area contributed by atoms with Crippen LogP contribution in [0.4, 0.5) is 18.9 Å². The van der Waals surface area contributed by atoms with E-state index in [9.17, 15) is 23.1 Å². The van der Waals surface area contributed by atoms with Crippen molar-refractivity contribution in [2.24, 2.45) is 0 Å². The number of aliphatic hydroxyl groups is 1. The number of anilines is 1. The summed E-state index contributed by atoms with van der Waals surface area (Å²) in [5.74, 6) is -0.584. The zero-order valence-corrected chi connectivity index (χ0v) is 12.6. The van der Waals surface area contributed by atoms with Crippen molar-refractivity contribution in [2.45, 2.75) is 38.3 Å². The van der Waals surface area contributed by atoms with Crippen LogP contribution in [0.2, 0.25) is 0 Å². The minimum Gasteiger partial charge on any atom is -0.406 e. The fourth-order valence-electron chi connectivity index (χ4n) is 2.43. The van der Waals surface area contributed by atoms with Gasteiger partial charge in [-0.2, -0.15) is 0 Å². The molecule has 1 aliphatic rings. The normalized spacial score (nSPS) is 18.5. The van der Waals surface area contributed by atoms with Crippen LogP contribution in [0.15, 0.2) is 24.3 Å². The molecule has 0 radical (unpaired) electrons. The molecule has 1 aliphatic heterocycles. The summed E-state index contributed by atoms with van der Waals surface area (Å²) in [5.41, 5.74) is 0.397. The molecule has 0 spiro atoms. The lowest BCUT2D eigenvalue weighted by molar-refractivity contribution is -0.274. The summed E-state index contributed by atoms with van der Waals surface area (Å²) in [5, 5.41) is 12.1. The van der Waals surface area contributed by atoms with E-state index >= 15 is 0 Å². The van der Waals surface area contributed by atoms with Gasteiger partial charge in [0.2, 0.25) is 5.91 Å².